The van der Waals surface area contributed by atoms with Gasteiger partial charge in [-0.25, -0.2) is 0 Å². The molecule has 0 aliphatic carbocycles. The molecule has 1 aromatic heterocycles. The first-order chi connectivity index (χ1) is 9.11. The molecule has 1 fully saturated rings. The van der Waals surface area contributed by atoms with Crippen molar-refractivity contribution in [1.29, 1.82) is 0 Å². The van der Waals surface area contributed by atoms with Gasteiger partial charge in [-0.1, -0.05) is 5.16 Å². The van der Waals surface area contributed by atoms with Crippen LogP contribution in [0.15, 0.2) is 23.5 Å². The van der Waals surface area contributed by atoms with Crippen molar-refractivity contribution in [3.8, 4) is 0 Å². The van der Waals surface area contributed by atoms with E-state index >= 15 is 0 Å². The summed E-state index contributed by atoms with van der Waals surface area (Å²) in [5.74, 6) is 0.0430. The van der Waals surface area contributed by atoms with Crippen molar-refractivity contribution < 1.29 is 5.21 Å². The van der Waals surface area contributed by atoms with Crippen LogP contribution >= 0.6 is 0 Å². The minimum Gasteiger partial charge on any atom is -0.409 e. The number of nitrogens with zero attached hydrogens (tertiary/aromatic N) is 4. The lowest BCUT2D eigenvalue weighted by Crippen LogP contribution is -2.38. The molecule has 0 amide bonds. The van der Waals surface area contributed by atoms with Gasteiger partial charge in [-0.15, -0.1) is 0 Å². The summed E-state index contributed by atoms with van der Waals surface area (Å²) in [5, 5.41) is 11.7. The zero-order chi connectivity index (χ0) is 13.8. The first kappa shape index (κ1) is 13.6. The van der Waals surface area contributed by atoms with Crippen LogP contribution in [-0.4, -0.2) is 53.7 Å². The minimum atomic E-state index is 0.0430. The van der Waals surface area contributed by atoms with Crippen LogP contribution in [-0.2, 0) is 0 Å². The third-order valence-electron chi connectivity index (χ3n) is 3.49. The molecule has 2 heterocycles. The number of aromatic nitrogens is 1. The summed E-state index contributed by atoms with van der Waals surface area (Å²) in [4.78, 5) is 8.81. The molecule has 1 aromatic rings. The molecule has 6 nitrogen and oxygen atoms in total. The zero-order valence-corrected chi connectivity index (χ0v) is 11.5. The normalized spacial score (nSPS) is 22.3. The molecule has 1 saturated heterocycles. The fraction of sp³-hybridized carbons (Fsp3) is 0.538. The highest BCUT2D eigenvalue weighted by Crippen LogP contribution is 2.20. The highest BCUT2D eigenvalue weighted by Gasteiger charge is 2.20. The summed E-state index contributed by atoms with van der Waals surface area (Å²) in [6.07, 6.45) is 2.83. The zero-order valence-electron chi connectivity index (χ0n) is 11.5. The van der Waals surface area contributed by atoms with E-state index in [2.05, 4.69) is 33.9 Å². The van der Waals surface area contributed by atoms with E-state index < -0.39 is 0 Å². The van der Waals surface area contributed by atoms with E-state index in [-0.39, 0.29) is 5.84 Å². The average molecular weight is 263 g/mol. The summed E-state index contributed by atoms with van der Waals surface area (Å²) >= 11 is 0. The number of amidine groups is 1. The Kier molecular flexibility index (Phi) is 4.21. The molecular weight excluding hydrogens is 242 g/mol. The van der Waals surface area contributed by atoms with Gasteiger partial charge in [0.25, 0.3) is 0 Å². The molecule has 0 spiro atoms. The molecule has 104 valence electrons. The van der Waals surface area contributed by atoms with Crippen LogP contribution in [0.4, 0.5) is 5.69 Å². The number of hydrogen-bond donors (Lipinski definition) is 2. The number of nitrogens with two attached hydrogens (primary N) is 1. The Morgan fingerprint density at radius 3 is 3.05 bits per heavy atom. The molecule has 2 rings (SSSR count). The molecule has 3 N–H and O–H groups in total. The average Bonchev–Trinajstić information content (AvgIpc) is 2.58. The minimum absolute atomic E-state index is 0.0430. The lowest BCUT2D eigenvalue weighted by atomic mass is 10.2. The van der Waals surface area contributed by atoms with Crippen LogP contribution < -0.4 is 10.6 Å². The highest BCUT2D eigenvalue weighted by molar-refractivity contribution is 5.95. The van der Waals surface area contributed by atoms with Gasteiger partial charge in [0.1, 0.15) is 5.69 Å². The van der Waals surface area contributed by atoms with Gasteiger partial charge in [-0.05, 0) is 39.1 Å². The SMILES string of the molecule is CC1CN(C)CCCN1c1ccnc(/C(N)=N/O)c1. The first-order valence-electron chi connectivity index (χ1n) is 6.51. The van der Waals surface area contributed by atoms with E-state index in [9.17, 15) is 0 Å². The van der Waals surface area contributed by atoms with Crippen LogP contribution in [0.2, 0.25) is 0 Å². The van der Waals surface area contributed by atoms with Crippen LogP contribution in [0.3, 0.4) is 0 Å². The Bertz CT molecular complexity index is 462. The van der Waals surface area contributed by atoms with Crippen LogP contribution in [0, 0.1) is 0 Å². The van der Waals surface area contributed by atoms with Crippen molar-refractivity contribution in [2.75, 3.05) is 31.6 Å². The van der Waals surface area contributed by atoms with Crippen molar-refractivity contribution in [3.05, 3.63) is 24.0 Å². The summed E-state index contributed by atoms with van der Waals surface area (Å²) < 4.78 is 0. The Morgan fingerprint density at radius 1 is 1.53 bits per heavy atom. The lowest BCUT2D eigenvalue weighted by molar-refractivity contribution is 0.318. The molecule has 1 aliphatic heterocycles. The van der Waals surface area contributed by atoms with E-state index in [1.807, 2.05) is 12.1 Å². The van der Waals surface area contributed by atoms with E-state index in [4.69, 9.17) is 10.9 Å². The van der Waals surface area contributed by atoms with Crippen LogP contribution in [0.5, 0.6) is 0 Å². The monoisotopic (exact) mass is 263 g/mol. The molecular formula is C13H21N5O. The van der Waals surface area contributed by atoms with Crippen LogP contribution in [0.25, 0.3) is 0 Å². The third kappa shape index (κ3) is 3.14. The molecule has 0 aromatic carbocycles. The van der Waals surface area contributed by atoms with Crippen LogP contribution in [0.1, 0.15) is 19.0 Å². The number of hydrogen-bond acceptors (Lipinski definition) is 5. The van der Waals surface area contributed by atoms with Crippen molar-refractivity contribution in [1.82, 2.24) is 9.88 Å². The largest absolute Gasteiger partial charge is 0.409 e. The lowest BCUT2D eigenvalue weighted by Gasteiger charge is -2.30. The standard InChI is InChI=1S/C13H21N5O/c1-10-9-17(2)6-3-7-18(10)11-4-5-15-12(8-11)13(14)16-19/h4-5,8,10,19H,3,6-7,9H2,1-2H3,(H2,14,16). The fourth-order valence-corrected chi connectivity index (χ4v) is 2.55. The van der Waals surface area contributed by atoms with E-state index in [0.29, 0.717) is 11.7 Å². The molecule has 6 heteroatoms. The van der Waals surface area contributed by atoms with E-state index in [1.54, 1.807) is 6.20 Å². The summed E-state index contributed by atoms with van der Waals surface area (Å²) in [6.45, 7) is 5.36. The Hall–Kier alpha value is -1.82. The number of rotatable bonds is 2. The summed E-state index contributed by atoms with van der Waals surface area (Å²) in [6, 6.07) is 4.27. The molecule has 1 aliphatic rings. The van der Waals surface area contributed by atoms with Gasteiger partial charge in [0.05, 0.1) is 0 Å². The van der Waals surface area contributed by atoms with Crippen molar-refractivity contribution >= 4 is 11.5 Å². The molecule has 0 saturated carbocycles. The van der Waals surface area contributed by atoms with Gasteiger partial charge in [0.2, 0.25) is 0 Å². The van der Waals surface area contributed by atoms with Gasteiger partial charge >= 0.3 is 0 Å². The summed E-state index contributed by atoms with van der Waals surface area (Å²) in [7, 11) is 2.15. The first-order valence-corrected chi connectivity index (χ1v) is 6.51. The smallest absolute Gasteiger partial charge is 0.188 e. The molecule has 0 radical (unpaired) electrons. The maximum atomic E-state index is 8.72. The van der Waals surface area contributed by atoms with E-state index in [0.717, 1.165) is 31.7 Å². The van der Waals surface area contributed by atoms with Gasteiger partial charge in [0.15, 0.2) is 5.84 Å². The maximum Gasteiger partial charge on any atom is 0.188 e. The van der Waals surface area contributed by atoms with Crippen molar-refractivity contribution in [2.24, 2.45) is 10.9 Å². The number of anilines is 1. The Morgan fingerprint density at radius 2 is 2.32 bits per heavy atom. The number of likely N-dealkylation sites (N-methyl/N-ethyl adjacent to an activating group) is 1. The molecule has 0 bridgehead atoms. The molecule has 19 heavy (non-hydrogen) atoms. The highest BCUT2D eigenvalue weighted by atomic mass is 16.4. The van der Waals surface area contributed by atoms with Gasteiger partial charge in [0, 0.05) is 31.0 Å². The topological polar surface area (TPSA) is 78.0 Å². The second-order valence-corrected chi connectivity index (χ2v) is 5.04. The fourth-order valence-electron chi connectivity index (χ4n) is 2.55. The van der Waals surface area contributed by atoms with Gasteiger partial charge < -0.3 is 20.7 Å². The van der Waals surface area contributed by atoms with Crippen molar-refractivity contribution in [2.45, 2.75) is 19.4 Å². The number of oxime groups is 1. The second-order valence-electron chi connectivity index (χ2n) is 5.04. The number of pyridine rings is 1. The van der Waals surface area contributed by atoms with Gasteiger partial charge in [-0.2, -0.15) is 0 Å². The molecule has 1 atom stereocenters. The maximum absolute atomic E-state index is 8.72. The van der Waals surface area contributed by atoms with Crippen molar-refractivity contribution in [3.63, 3.8) is 0 Å². The predicted octanol–water partition coefficient (Wildman–Crippen LogP) is 0.707. The predicted molar refractivity (Wildman–Crippen MR) is 75.7 cm³/mol. The summed E-state index contributed by atoms with van der Waals surface area (Å²) in [5.41, 5.74) is 7.16. The third-order valence-corrected chi connectivity index (χ3v) is 3.49. The Balaban J connectivity index is 2.25. The second kappa shape index (κ2) is 5.88. The Labute approximate surface area is 113 Å². The molecule has 1 unspecified atom stereocenters. The quantitative estimate of drug-likeness (QED) is 0.355. The van der Waals surface area contributed by atoms with Gasteiger partial charge in [-0.3, -0.25) is 4.98 Å². The van der Waals surface area contributed by atoms with E-state index in [1.165, 1.54) is 0 Å².